The van der Waals surface area contributed by atoms with Crippen molar-refractivity contribution in [2.24, 2.45) is 5.92 Å². The molecule has 1 atom stereocenters. The zero-order valence-electron chi connectivity index (χ0n) is 9.50. The predicted octanol–water partition coefficient (Wildman–Crippen LogP) is 2.87. The van der Waals surface area contributed by atoms with Gasteiger partial charge in [0.05, 0.1) is 10.5 Å². The Kier molecular flexibility index (Phi) is 4.64. The zero-order chi connectivity index (χ0) is 13.0. The van der Waals surface area contributed by atoms with Gasteiger partial charge in [0, 0.05) is 5.56 Å². The molecule has 0 radical (unpaired) electrons. The van der Waals surface area contributed by atoms with Crippen LogP contribution in [-0.4, -0.2) is 11.9 Å². The molecule has 0 spiro atoms. The lowest BCUT2D eigenvalue weighted by molar-refractivity contribution is 0.0937. The third kappa shape index (κ3) is 3.53. The van der Waals surface area contributed by atoms with Gasteiger partial charge >= 0.3 is 0 Å². The molecule has 0 fully saturated rings. The lowest BCUT2D eigenvalue weighted by Gasteiger charge is -2.14. The van der Waals surface area contributed by atoms with E-state index in [0.29, 0.717) is 4.47 Å². The summed E-state index contributed by atoms with van der Waals surface area (Å²) in [5, 5.41) is 11.4. The van der Waals surface area contributed by atoms with Crippen molar-refractivity contribution in [1.82, 2.24) is 5.32 Å². The molecule has 0 saturated carbocycles. The largest absolute Gasteiger partial charge is 0.336 e. The van der Waals surface area contributed by atoms with Crippen LogP contribution in [0.5, 0.6) is 0 Å². The quantitative estimate of drug-likeness (QED) is 0.933. The van der Waals surface area contributed by atoms with Gasteiger partial charge in [-0.2, -0.15) is 5.26 Å². The highest BCUT2D eigenvalue weighted by Gasteiger charge is 2.16. The van der Waals surface area contributed by atoms with Crippen LogP contribution in [0.15, 0.2) is 22.7 Å². The second-order valence-corrected chi connectivity index (χ2v) is 4.81. The summed E-state index contributed by atoms with van der Waals surface area (Å²) in [4.78, 5) is 11.7. The number of nitrogens with zero attached hydrogens (tertiary/aromatic N) is 1. The number of benzene rings is 1. The molecule has 0 heterocycles. The lowest BCUT2D eigenvalue weighted by atomic mass is 10.1. The average molecular weight is 299 g/mol. The first-order valence-corrected chi connectivity index (χ1v) is 5.90. The molecule has 1 aromatic rings. The fraction of sp³-hybridized carbons (Fsp3) is 0.333. The number of hydrogen-bond donors (Lipinski definition) is 1. The van der Waals surface area contributed by atoms with Crippen molar-refractivity contribution in [3.63, 3.8) is 0 Å². The van der Waals surface area contributed by atoms with Crippen LogP contribution in [0.25, 0.3) is 0 Å². The van der Waals surface area contributed by atoms with Crippen molar-refractivity contribution < 1.29 is 9.18 Å². The van der Waals surface area contributed by atoms with E-state index in [4.69, 9.17) is 5.26 Å². The Balaban J connectivity index is 2.83. The summed E-state index contributed by atoms with van der Waals surface area (Å²) in [5.74, 6) is -0.948. The Hall–Kier alpha value is -1.41. The molecule has 3 nitrogen and oxygen atoms in total. The number of rotatable bonds is 3. The monoisotopic (exact) mass is 298 g/mol. The highest BCUT2D eigenvalue weighted by Crippen LogP contribution is 2.16. The number of halogens is 2. The van der Waals surface area contributed by atoms with Gasteiger partial charge in [-0.15, -0.1) is 0 Å². The second-order valence-electron chi connectivity index (χ2n) is 3.95. The SMILES string of the molecule is CC(C)C(C#N)NC(=O)c1ccc(Br)c(F)c1. The van der Waals surface area contributed by atoms with E-state index in [9.17, 15) is 9.18 Å². The number of nitriles is 1. The van der Waals surface area contributed by atoms with Crippen molar-refractivity contribution in [3.05, 3.63) is 34.1 Å². The summed E-state index contributed by atoms with van der Waals surface area (Å²) in [6.45, 7) is 3.66. The highest BCUT2D eigenvalue weighted by molar-refractivity contribution is 9.10. The number of carbonyl (C=O) groups is 1. The summed E-state index contributed by atoms with van der Waals surface area (Å²) in [6.07, 6.45) is 0. The maximum Gasteiger partial charge on any atom is 0.252 e. The van der Waals surface area contributed by atoms with Crippen LogP contribution in [0, 0.1) is 23.1 Å². The van der Waals surface area contributed by atoms with Gasteiger partial charge in [0.15, 0.2) is 0 Å². The summed E-state index contributed by atoms with van der Waals surface area (Å²) in [5.41, 5.74) is 0.201. The van der Waals surface area contributed by atoms with Crippen LogP contribution < -0.4 is 5.32 Å². The Morgan fingerprint density at radius 3 is 2.65 bits per heavy atom. The zero-order valence-corrected chi connectivity index (χ0v) is 11.1. The molecule has 1 rings (SSSR count). The van der Waals surface area contributed by atoms with Crippen LogP contribution in [0.4, 0.5) is 4.39 Å². The van der Waals surface area contributed by atoms with Gasteiger partial charge in [0.25, 0.3) is 5.91 Å². The minimum Gasteiger partial charge on any atom is -0.336 e. The molecule has 5 heteroatoms. The molecule has 0 saturated heterocycles. The fourth-order valence-corrected chi connectivity index (χ4v) is 1.46. The molecule has 90 valence electrons. The van der Waals surface area contributed by atoms with Crippen LogP contribution >= 0.6 is 15.9 Å². The summed E-state index contributed by atoms with van der Waals surface area (Å²) in [7, 11) is 0. The minimum atomic E-state index is -0.575. The molecule has 0 aliphatic carbocycles. The molecule has 1 aromatic carbocycles. The van der Waals surface area contributed by atoms with Crippen LogP contribution in [-0.2, 0) is 0 Å². The van der Waals surface area contributed by atoms with E-state index in [1.54, 1.807) is 0 Å². The van der Waals surface area contributed by atoms with Gasteiger partial charge < -0.3 is 5.32 Å². The topological polar surface area (TPSA) is 52.9 Å². The van der Waals surface area contributed by atoms with Crippen molar-refractivity contribution >= 4 is 21.8 Å². The van der Waals surface area contributed by atoms with Crippen molar-refractivity contribution in [2.75, 3.05) is 0 Å². The molecule has 1 unspecified atom stereocenters. The molecule has 0 aliphatic heterocycles. The molecule has 1 amide bonds. The Bertz CT molecular complexity index is 468. The van der Waals surface area contributed by atoms with E-state index >= 15 is 0 Å². The third-order valence-electron chi connectivity index (χ3n) is 2.27. The first-order valence-electron chi connectivity index (χ1n) is 5.11. The molecular formula is C12H12BrFN2O. The van der Waals surface area contributed by atoms with Gasteiger partial charge in [-0.1, -0.05) is 13.8 Å². The average Bonchev–Trinajstić information content (AvgIpc) is 2.28. The maximum absolute atomic E-state index is 13.2. The predicted molar refractivity (Wildman–Crippen MR) is 65.8 cm³/mol. The summed E-state index contributed by atoms with van der Waals surface area (Å²) < 4.78 is 13.5. The Morgan fingerprint density at radius 2 is 2.18 bits per heavy atom. The third-order valence-corrected chi connectivity index (χ3v) is 2.92. The summed E-state index contributed by atoms with van der Waals surface area (Å²) in [6, 6.07) is 5.51. The number of hydrogen-bond acceptors (Lipinski definition) is 2. The highest BCUT2D eigenvalue weighted by atomic mass is 79.9. The molecule has 0 aromatic heterocycles. The number of nitrogens with one attached hydrogen (secondary N) is 1. The smallest absolute Gasteiger partial charge is 0.252 e. The first-order chi connectivity index (χ1) is 7.95. The summed E-state index contributed by atoms with van der Waals surface area (Å²) >= 11 is 3.01. The van der Waals surface area contributed by atoms with Crippen LogP contribution in [0.3, 0.4) is 0 Å². The number of amides is 1. The number of carbonyl (C=O) groups excluding carboxylic acids is 1. The van der Waals surface area contributed by atoms with E-state index in [0.717, 1.165) is 6.07 Å². The van der Waals surface area contributed by atoms with E-state index in [-0.39, 0.29) is 11.5 Å². The Labute approximate surface area is 108 Å². The van der Waals surface area contributed by atoms with Gasteiger partial charge in [-0.25, -0.2) is 4.39 Å². The van der Waals surface area contributed by atoms with Crippen LogP contribution in [0.2, 0.25) is 0 Å². The molecule has 1 N–H and O–H groups in total. The van der Waals surface area contributed by atoms with Crippen LogP contribution in [0.1, 0.15) is 24.2 Å². The van der Waals surface area contributed by atoms with E-state index in [2.05, 4.69) is 21.2 Å². The Morgan fingerprint density at radius 1 is 1.53 bits per heavy atom. The van der Waals surface area contributed by atoms with Crippen molar-refractivity contribution in [2.45, 2.75) is 19.9 Å². The van der Waals surface area contributed by atoms with Crippen molar-refractivity contribution in [3.8, 4) is 6.07 Å². The molecule has 0 bridgehead atoms. The van der Waals surface area contributed by atoms with Gasteiger partial charge in [-0.05, 0) is 40.0 Å². The molecule has 17 heavy (non-hydrogen) atoms. The fourth-order valence-electron chi connectivity index (χ4n) is 1.21. The second kappa shape index (κ2) is 5.78. The van der Waals surface area contributed by atoms with Gasteiger partial charge in [0.2, 0.25) is 0 Å². The van der Waals surface area contributed by atoms with Gasteiger partial charge in [-0.3, -0.25) is 4.79 Å². The molecule has 0 aliphatic rings. The van der Waals surface area contributed by atoms with Gasteiger partial charge in [0.1, 0.15) is 11.9 Å². The lowest BCUT2D eigenvalue weighted by Crippen LogP contribution is -2.37. The maximum atomic E-state index is 13.2. The van der Waals surface area contributed by atoms with Crippen molar-refractivity contribution in [1.29, 1.82) is 5.26 Å². The van der Waals surface area contributed by atoms with E-state index in [1.165, 1.54) is 12.1 Å². The minimum absolute atomic E-state index is 0.00393. The standard InChI is InChI=1S/C12H12BrFN2O/c1-7(2)11(6-15)16-12(17)8-3-4-9(13)10(14)5-8/h3-5,7,11H,1-2H3,(H,16,17). The normalized spacial score (nSPS) is 12.0. The molecular weight excluding hydrogens is 287 g/mol. The van der Waals surface area contributed by atoms with E-state index in [1.807, 2.05) is 19.9 Å². The first kappa shape index (κ1) is 13.7. The van der Waals surface area contributed by atoms with E-state index < -0.39 is 17.8 Å².